The van der Waals surface area contributed by atoms with Gasteiger partial charge in [0.15, 0.2) is 3.95 Å². The molecule has 1 aromatic heterocycles. The largest absolute Gasteiger partial charge is 0.493 e. The predicted molar refractivity (Wildman–Crippen MR) is 101 cm³/mol. The minimum Gasteiger partial charge on any atom is -0.493 e. The monoisotopic (exact) mass is 390 g/mol. The maximum absolute atomic E-state index is 11.5. The summed E-state index contributed by atoms with van der Waals surface area (Å²) in [7, 11) is 0. The standard InChI is InChI=1S/C17H14N2O5S2/c20-14(21)6-5-12(16(23)24)19-15(22)13(26-17(19)25)7-9-8-18-11-4-2-1-3-10(9)11/h1-4,7-8,12,22H,5-6H2,(H,20,21)(H,23,24)/t12-/m0/s1. The molecule has 0 unspecified atom stereocenters. The minimum atomic E-state index is -1.25. The Morgan fingerprint density at radius 1 is 1.31 bits per heavy atom. The van der Waals surface area contributed by atoms with Crippen LogP contribution in [0.1, 0.15) is 29.3 Å². The number of carboxylic acids is 2. The third-order valence-corrected chi connectivity index (χ3v) is 5.25. The summed E-state index contributed by atoms with van der Waals surface area (Å²) in [6.45, 7) is 0. The molecule has 3 rings (SSSR count). The predicted octanol–water partition coefficient (Wildman–Crippen LogP) is 3.73. The number of aliphatic imine (C=N–C) groups is 1. The van der Waals surface area contributed by atoms with E-state index in [1.807, 2.05) is 24.3 Å². The summed E-state index contributed by atoms with van der Waals surface area (Å²) in [5.74, 6) is -2.65. The van der Waals surface area contributed by atoms with Crippen LogP contribution < -0.4 is 0 Å². The van der Waals surface area contributed by atoms with Crippen molar-refractivity contribution in [1.29, 1.82) is 0 Å². The lowest BCUT2D eigenvalue weighted by atomic mass is 10.1. The van der Waals surface area contributed by atoms with Gasteiger partial charge in [0.2, 0.25) is 5.88 Å². The summed E-state index contributed by atoms with van der Waals surface area (Å²) in [6.07, 6.45) is 2.84. The van der Waals surface area contributed by atoms with Crippen LogP contribution in [0.4, 0.5) is 5.69 Å². The Labute approximate surface area is 157 Å². The number of aromatic hydroxyl groups is 1. The van der Waals surface area contributed by atoms with Gasteiger partial charge in [0.1, 0.15) is 6.04 Å². The van der Waals surface area contributed by atoms with Crippen molar-refractivity contribution in [2.45, 2.75) is 18.9 Å². The summed E-state index contributed by atoms with van der Waals surface area (Å²) in [6, 6.07) is 6.27. The Morgan fingerprint density at radius 2 is 2.04 bits per heavy atom. The molecule has 0 radical (unpaired) electrons. The lowest BCUT2D eigenvalue weighted by molar-refractivity contribution is -0.142. The highest BCUT2D eigenvalue weighted by Gasteiger charge is 2.26. The number of carbonyl (C=O) groups is 2. The number of fused-ring (bicyclic) bond motifs is 1. The molecule has 1 aromatic carbocycles. The van der Waals surface area contributed by atoms with Crippen LogP contribution in [-0.2, 0) is 9.59 Å². The number of nitrogens with zero attached hydrogens (tertiary/aromatic N) is 2. The molecule has 0 aliphatic carbocycles. The third kappa shape index (κ3) is 3.44. The van der Waals surface area contributed by atoms with Gasteiger partial charge in [-0.1, -0.05) is 18.2 Å². The van der Waals surface area contributed by atoms with Gasteiger partial charge in [-0.2, -0.15) is 0 Å². The first-order valence-electron chi connectivity index (χ1n) is 7.62. The van der Waals surface area contributed by atoms with Gasteiger partial charge in [0, 0.05) is 23.8 Å². The van der Waals surface area contributed by atoms with E-state index in [-0.39, 0.29) is 22.7 Å². The molecule has 0 fully saturated rings. The first-order valence-corrected chi connectivity index (χ1v) is 8.85. The zero-order valence-corrected chi connectivity index (χ0v) is 15.0. The molecule has 1 atom stereocenters. The molecule has 1 aliphatic rings. The molecule has 0 spiro atoms. The maximum atomic E-state index is 11.5. The molecule has 0 saturated carbocycles. The second-order valence-corrected chi connectivity index (χ2v) is 7.26. The first-order chi connectivity index (χ1) is 12.4. The lowest BCUT2D eigenvalue weighted by Gasteiger charge is -2.14. The average molecular weight is 390 g/mol. The molecule has 0 saturated heterocycles. The molecule has 134 valence electrons. The Balaban J connectivity index is 2.00. The zero-order chi connectivity index (χ0) is 18.8. The quantitative estimate of drug-likeness (QED) is 0.648. The molecule has 9 heteroatoms. The number of rotatable bonds is 6. The average Bonchev–Trinajstić information content (AvgIpc) is 3.11. The van der Waals surface area contributed by atoms with Gasteiger partial charge in [0.05, 0.1) is 10.6 Å². The number of para-hydroxylation sites is 1. The van der Waals surface area contributed by atoms with E-state index in [4.69, 9.17) is 17.3 Å². The second kappa shape index (κ2) is 7.22. The van der Waals surface area contributed by atoms with E-state index in [1.165, 1.54) is 0 Å². The van der Waals surface area contributed by atoms with E-state index in [1.54, 1.807) is 12.3 Å². The number of aliphatic carboxylic acids is 2. The summed E-state index contributed by atoms with van der Waals surface area (Å²) in [5, 5.41) is 28.7. The SMILES string of the molecule is O=C(O)CC[C@@H](C(=O)O)n1c(O)c(C=C2C=Nc3ccccc32)sc1=S. The van der Waals surface area contributed by atoms with Crippen LogP contribution >= 0.6 is 23.6 Å². The molecule has 0 bridgehead atoms. The fourth-order valence-electron chi connectivity index (χ4n) is 2.68. The number of carboxylic acid groups (broad SMARTS) is 2. The van der Waals surface area contributed by atoms with Crippen molar-refractivity contribution in [1.82, 2.24) is 4.57 Å². The molecule has 0 amide bonds. The number of hydrogen-bond donors (Lipinski definition) is 3. The van der Waals surface area contributed by atoms with E-state index in [0.717, 1.165) is 32.7 Å². The van der Waals surface area contributed by atoms with Crippen molar-refractivity contribution in [2.75, 3.05) is 0 Å². The number of benzene rings is 1. The highest BCUT2D eigenvalue weighted by molar-refractivity contribution is 7.73. The van der Waals surface area contributed by atoms with E-state index in [9.17, 15) is 19.8 Å². The van der Waals surface area contributed by atoms with E-state index in [2.05, 4.69) is 4.99 Å². The Morgan fingerprint density at radius 3 is 2.73 bits per heavy atom. The number of allylic oxidation sites excluding steroid dienone is 1. The summed E-state index contributed by atoms with van der Waals surface area (Å²) in [4.78, 5) is 27.0. The molecule has 2 heterocycles. The Hall–Kier alpha value is -2.78. The summed E-state index contributed by atoms with van der Waals surface area (Å²) >= 11 is 6.26. The lowest BCUT2D eigenvalue weighted by Crippen LogP contribution is -2.20. The van der Waals surface area contributed by atoms with Gasteiger partial charge in [0.25, 0.3) is 0 Å². The summed E-state index contributed by atoms with van der Waals surface area (Å²) < 4.78 is 1.26. The van der Waals surface area contributed by atoms with Crippen molar-refractivity contribution in [3.63, 3.8) is 0 Å². The Kier molecular flexibility index (Phi) is 5.01. The van der Waals surface area contributed by atoms with Crippen molar-refractivity contribution < 1.29 is 24.9 Å². The normalized spacial score (nSPS) is 15.2. The summed E-state index contributed by atoms with van der Waals surface area (Å²) in [5.41, 5.74) is 2.49. The zero-order valence-electron chi connectivity index (χ0n) is 13.3. The number of aromatic nitrogens is 1. The van der Waals surface area contributed by atoms with Crippen molar-refractivity contribution in [3.8, 4) is 5.88 Å². The highest BCUT2D eigenvalue weighted by atomic mass is 32.1. The van der Waals surface area contributed by atoms with Gasteiger partial charge >= 0.3 is 11.9 Å². The van der Waals surface area contributed by atoms with Crippen LogP contribution in [0.15, 0.2) is 29.3 Å². The van der Waals surface area contributed by atoms with Gasteiger partial charge in [-0.05, 0) is 30.8 Å². The molecule has 7 nitrogen and oxygen atoms in total. The van der Waals surface area contributed by atoms with Crippen molar-refractivity contribution in [3.05, 3.63) is 38.7 Å². The maximum Gasteiger partial charge on any atom is 0.326 e. The van der Waals surface area contributed by atoms with E-state index < -0.39 is 18.0 Å². The van der Waals surface area contributed by atoms with Gasteiger partial charge < -0.3 is 15.3 Å². The van der Waals surface area contributed by atoms with E-state index in [0.29, 0.717) is 4.88 Å². The molecule has 26 heavy (non-hydrogen) atoms. The fourth-order valence-corrected chi connectivity index (χ4v) is 4.04. The molecule has 2 aromatic rings. The third-order valence-electron chi connectivity index (χ3n) is 3.92. The van der Waals surface area contributed by atoms with Gasteiger partial charge in [-0.3, -0.25) is 14.4 Å². The topological polar surface area (TPSA) is 112 Å². The molecule has 3 N–H and O–H groups in total. The number of thiazole rings is 1. The van der Waals surface area contributed by atoms with Gasteiger partial charge in [-0.15, -0.1) is 11.3 Å². The van der Waals surface area contributed by atoms with Gasteiger partial charge in [-0.25, -0.2) is 4.79 Å². The fraction of sp³-hybridized carbons (Fsp3) is 0.176. The minimum absolute atomic E-state index is 0.162. The van der Waals surface area contributed by atoms with Crippen LogP contribution in [0, 0.1) is 3.95 Å². The number of hydrogen-bond acceptors (Lipinski definition) is 6. The van der Waals surface area contributed by atoms with Crippen LogP contribution in [0.25, 0.3) is 11.6 Å². The van der Waals surface area contributed by atoms with Crippen molar-refractivity contribution >= 4 is 59.0 Å². The molecular formula is C17H14N2O5S2. The molecule has 1 aliphatic heterocycles. The van der Waals surface area contributed by atoms with E-state index >= 15 is 0 Å². The van der Waals surface area contributed by atoms with Crippen molar-refractivity contribution in [2.24, 2.45) is 4.99 Å². The van der Waals surface area contributed by atoms with Crippen LogP contribution in [0.3, 0.4) is 0 Å². The Bertz CT molecular complexity index is 1000. The van der Waals surface area contributed by atoms with Crippen LogP contribution in [-0.4, -0.2) is 38.0 Å². The van der Waals surface area contributed by atoms with Crippen LogP contribution in [0.5, 0.6) is 5.88 Å². The first kappa shape index (κ1) is 18.0. The smallest absolute Gasteiger partial charge is 0.326 e. The van der Waals surface area contributed by atoms with Crippen LogP contribution in [0.2, 0.25) is 0 Å². The highest BCUT2D eigenvalue weighted by Crippen LogP contribution is 2.37. The second-order valence-electron chi connectivity index (χ2n) is 5.59. The molecular weight excluding hydrogens is 376 g/mol.